The Morgan fingerprint density at radius 1 is 1.21 bits per heavy atom. The Hall–Kier alpha value is -2.35. The Kier molecular flexibility index (Phi) is 5.14. The zero-order valence-electron chi connectivity index (χ0n) is 13.2. The van der Waals surface area contributed by atoms with Crippen LogP contribution in [0.5, 0.6) is 0 Å². The van der Waals surface area contributed by atoms with Gasteiger partial charge in [0, 0.05) is 18.2 Å². The number of nitrogens with zero attached hydrogens (tertiary/aromatic N) is 2. The van der Waals surface area contributed by atoms with Crippen molar-refractivity contribution in [2.45, 2.75) is 36.8 Å². The molecule has 2 atom stereocenters. The van der Waals surface area contributed by atoms with Crippen molar-refractivity contribution in [3.63, 3.8) is 0 Å². The predicted octanol–water partition coefficient (Wildman–Crippen LogP) is 2.14. The number of aromatic nitrogens is 2. The molecule has 1 aliphatic rings. The molecule has 2 heterocycles. The first-order valence-electron chi connectivity index (χ1n) is 7.72. The molecule has 0 saturated carbocycles. The van der Waals surface area contributed by atoms with Gasteiger partial charge >= 0.3 is 6.03 Å². The first kappa shape index (κ1) is 16.5. The van der Waals surface area contributed by atoms with Gasteiger partial charge in [0.1, 0.15) is 0 Å². The minimum Gasteiger partial charge on any atom is -0.416 e. The van der Waals surface area contributed by atoms with E-state index >= 15 is 0 Å². The highest BCUT2D eigenvalue weighted by Crippen LogP contribution is 2.22. The first-order valence-corrected chi connectivity index (χ1v) is 8.71. The predicted molar refractivity (Wildman–Crippen MR) is 88.2 cm³/mol. The second kappa shape index (κ2) is 7.48. The molecule has 2 aromatic rings. The van der Waals surface area contributed by atoms with Crippen LogP contribution in [0.2, 0.25) is 0 Å². The van der Waals surface area contributed by atoms with E-state index in [1.54, 1.807) is 0 Å². The van der Waals surface area contributed by atoms with Gasteiger partial charge < -0.3 is 9.73 Å². The molecule has 0 bridgehead atoms. The molecule has 1 aromatic heterocycles. The van der Waals surface area contributed by atoms with Gasteiger partial charge in [0.2, 0.25) is 11.8 Å². The number of hydrogen-bond acceptors (Lipinski definition) is 6. The number of aryl methyl sites for hydroxylation is 1. The van der Waals surface area contributed by atoms with Gasteiger partial charge in [-0.3, -0.25) is 10.1 Å². The third-order valence-electron chi connectivity index (χ3n) is 3.86. The molecule has 24 heavy (non-hydrogen) atoms. The van der Waals surface area contributed by atoms with Gasteiger partial charge in [-0.05, 0) is 18.9 Å². The molecule has 1 aliphatic heterocycles. The summed E-state index contributed by atoms with van der Waals surface area (Å²) in [6.45, 7) is 1.82. The summed E-state index contributed by atoms with van der Waals surface area (Å²) in [5, 5.41) is 13.5. The van der Waals surface area contributed by atoms with Crippen molar-refractivity contribution >= 4 is 23.7 Å². The molecular weight excluding hydrogens is 328 g/mol. The van der Waals surface area contributed by atoms with Crippen LogP contribution >= 0.6 is 11.8 Å². The highest BCUT2D eigenvalue weighted by atomic mass is 32.2. The van der Waals surface area contributed by atoms with Gasteiger partial charge in [0.05, 0.1) is 5.92 Å². The molecule has 3 amide bonds. The Morgan fingerprint density at radius 3 is 2.75 bits per heavy atom. The number of urea groups is 1. The van der Waals surface area contributed by atoms with Crippen LogP contribution in [-0.4, -0.2) is 28.2 Å². The van der Waals surface area contributed by atoms with Crippen LogP contribution in [0.4, 0.5) is 4.79 Å². The number of amides is 3. The first-order chi connectivity index (χ1) is 11.6. The number of carbonyl (C=O) groups is 2. The van der Waals surface area contributed by atoms with Crippen molar-refractivity contribution in [1.82, 2.24) is 20.8 Å². The van der Waals surface area contributed by atoms with Crippen LogP contribution in [-0.2, 0) is 17.0 Å². The number of hydrogen-bond donors (Lipinski definition) is 2. The van der Waals surface area contributed by atoms with E-state index in [1.807, 2.05) is 37.3 Å². The molecule has 2 unspecified atom stereocenters. The number of nitrogens with one attached hydrogen (secondary N) is 2. The third kappa shape index (κ3) is 4.14. The lowest BCUT2D eigenvalue weighted by Gasteiger charge is -2.28. The van der Waals surface area contributed by atoms with Gasteiger partial charge in [-0.25, -0.2) is 4.79 Å². The van der Waals surface area contributed by atoms with E-state index in [0.717, 1.165) is 5.75 Å². The van der Waals surface area contributed by atoms with E-state index in [0.29, 0.717) is 24.0 Å². The van der Waals surface area contributed by atoms with Crippen LogP contribution in [0.1, 0.15) is 24.8 Å². The Bertz CT molecular complexity index is 719. The molecule has 7 nitrogen and oxygen atoms in total. The zero-order valence-corrected chi connectivity index (χ0v) is 14.0. The highest BCUT2D eigenvalue weighted by molar-refractivity contribution is 7.98. The number of thioether (sulfide) groups is 1. The van der Waals surface area contributed by atoms with E-state index in [-0.39, 0.29) is 17.9 Å². The van der Waals surface area contributed by atoms with Crippen molar-refractivity contribution in [3.05, 3.63) is 41.8 Å². The van der Waals surface area contributed by atoms with Gasteiger partial charge in [0.15, 0.2) is 0 Å². The monoisotopic (exact) mass is 346 g/mol. The molecule has 0 radical (unpaired) electrons. The van der Waals surface area contributed by atoms with E-state index in [9.17, 15) is 9.59 Å². The van der Waals surface area contributed by atoms with Crippen LogP contribution < -0.4 is 10.6 Å². The molecule has 126 valence electrons. The molecule has 0 aliphatic carbocycles. The van der Waals surface area contributed by atoms with Gasteiger partial charge in [0.25, 0.3) is 5.22 Å². The van der Waals surface area contributed by atoms with E-state index in [2.05, 4.69) is 20.8 Å². The minimum atomic E-state index is -0.443. The largest absolute Gasteiger partial charge is 0.416 e. The Balaban J connectivity index is 1.51. The summed E-state index contributed by atoms with van der Waals surface area (Å²) in [7, 11) is 0. The van der Waals surface area contributed by atoms with E-state index < -0.39 is 6.03 Å². The quantitative estimate of drug-likeness (QED) is 0.778. The molecular formula is C16H18N4O3S. The highest BCUT2D eigenvalue weighted by Gasteiger charge is 2.32. The fourth-order valence-electron chi connectivity index (χ4n) is 2.55. The molecule has 8 heteroatoms. The molecule has 2 N–H and O–H groups in total. The average Bonchev–Trinajstić information content (AvgIpc) is 3.01. The summed E-state index contributed by atoms with van der Waals surface area (Å²) in [5.41, 5.74) is 1.19. The Labute approximate surface area is 143 Å². The maximum Gasteiger partial charge on any atom is 0.321 e. The summed E-state index contributed by atoms with van der Waals surface area (Å²) in [4.78, 5) is 23.1. The average molecular weight is 346 g/mol. The summed E-state index contributed by atoms with van der Waals surface area (Å²) in [6.07, 6.45) is 1.04. The third-order valence-corrected chi connectivity index (χ3v) is 4.75. The van der Waals surface area contributed by atoms with Crippen molar-refractivity contribution in [1.29, 1.82) is 0 Å². The van der Waals surface area contributed by atoms with Gasteiger partial charge in [-0.2, -0.15) is 0 Å². The maximum absolute atomic E-state index is 11.9. The van der Waals surface area contributed by atoms with Crippen molar-refractivity contribution in [2.24, 2.45) is 5.92 Å². The smallest absolute Gasteiger partial charge is 0.321 e. The summed E-state index contributed by atoms with van der Waals surface area (Å²) in [5.74, 6) is 0.707. The van der Waals surface area contributed by atoms with Crippen LogP contribution in [0.3, 0.4) is 0 Å². The molecule has 1 saturated heterocycles. The van der Waals surface area contributed by atoms with Crippen molar-refractivity contribution in [3.8, 4) is 0 Å². The lowest BCUT2D eigenvalue weighted by Crippen LogP contribution is -2.57. The summed E-state index contributed by atoms with van der Waals surface area (Å²) < 4.78 is 5.61. The van der Waals surface area contributed by atoms with Crippen LogP contribution in [0.15, 0.2) is 40.0 Å². The zero-order chi connectivity index (χ0) is 16.9. The molecule has 1 fully saturated rings. The lowest BCUT2D eigenvalue weighted by molar-refractivity contribution is -0.125. The van der Waals surface area contributed by atoms with Crippen molar-refractivity contribution in [2.75, 3.05) is 0 Å². The topological polar surface area (TPSA) is 97.1 Å². The lowest BCUT2D eigenvalue weighted by atomic mass is 9.93. The number of imide groups is 1. The van der Waals surface area contributed by atoms with Crippen LogP contribution in [0, 0.1) is 5.92 Å². The molecule has 3 rings (SSSR count). The van der Waals surface area contributed by atoms with Crippen molar-refractivity contribution < 1.29 is 14.0 Å². The second-order valence-corrected chi connectivity index (χ2v) is 6.56. The molecule has 1 aromatic carbocycles. The van der Waals surface area contributed by atoms with Gasteiger partial charge in [-0.1, -0.05) is 42.1 Å². The summed E-state index contributed by atoms with van der Waals surface area (Å²) in [6, 6.07) is 9.39. The molecule has 0 spiro atoms. The van der Waals surface area contributed by atoms with Gasteiger partial charge in [-0.15, -0.1) is 10.2 Å². The fourth-order valence-corrected chi connectivity index (χ4v) is 3.29. The SMILES string of the molecule is CC1NC(=O)NC(=O)C1CCc1nnc(SCc2ccccc2)o1. The Morgan fingerprint density at radius 2 is 2.00 bits per heavy atom. The van der Waals surface area contributed by atoms with E-state index in [1.165, 1.54) is 17.3 Å². The van der Waals surface area contributed by atoms with Crippen LogP contribution in [0.25, 0.3) is 0 Å². The number of carbonyl (C=O) groups excluding carboxylic acids is 2. The number of rotatable bonds is 6. The maximum atomic E-state index is 11.9. The van der Waals surface area contributed by atoms with E-state index in [4.69, 9.17) is 4.42 Å². The standard InChI is InChI=1S/C16H18N4O3S/c1-10-12(14(21)18-15(22)17-10)7-8-13-19-20-16(23-13)24-9-11-5-3-2-4-6-11/h2-6,10,12H,7-9H2,1H3,(H2,17,18,21,22). The fraction of sp³-hybridized carbons (Fsp3) is 0.375. The number of benzene rings is 1. The minimum absolute atomic E-state index is 0.207. The summed E-state index contributed by atoms with van der Waals surface area (Å²) >= 11 is 1.48. The normalized spacial score (nSPS) is 20.5. The second-order valence-electron chi connectivity index (χ2n) is 5.63.